The van der Waals surface area contributed by atoms with Gasteiger partial charge in [0.1, 0.15) is 5.01 Å². The summed E-state index contributed by atoms with van der Waals surface area (Å²) in [5, 5.41) is 5.41. The molecule has 128 valence electrons. The van der Waals surface area contributed by atoms with E-state index in [0.29, 0.717) is 0 Å². The Morgan fingerprint density at radius 2 is 1.84 bits per heavy atom. The first-order valence-corrected chi connectivity index (χ1v) is 9.49. The summed E-state index contributed by atoms with van der Waals surface area (Å²) in [5.41, 5.74) is 1.90. The number of nitrogens with zero attached hydrogens (tertiary/aromatic N) is 3. The largest absolute Gasteiger partial charge is 0.336 e. The smallest absolute Gasteiger partial charge is 0.254 e. The molecule has 0 N–H and O–H groups in total. The lowest BCUT2D eigenvalue weighted by atomic mass is 10.0. The van der Waals surface area contributed by atoms with E-state index in [1.54, 1.807) is 11.3 Å². The van der Waals surface area contributed by atoms with E-state index in [2.05, 4.69) is 27.4 Å². The molecule has 0 saturated carbocycles. The predicted octanol–water partition coefficient (Wildman–Crippen LogP) is 3.56. The molecule has 3 aromatic rings. The number of fused-ring (bicyclic) bond motifs is 1. The van der Waals surface area contributed by atoms with Gasteiger partial charge in [-0.2, -0.15) is 0 Å². The van der Waals surface area contributed by atoms with Gasteiger partial charge in [0.05, 0.1) is 6.54 Å². The van der Waals surface area contributed by atoms with Crippen molar-refractivity contribution in [2.75, 3.05) is 26.2 Å². The van der Waals surface area contributed by atoms with Crippen molar-refractivity contribution in [3.05, 3.63) is 64.1 Å². The van der Waals surface area contributed by atoms with Gasteiger partial charge in [0.2, 0.25) is 0 Å². The average molecular weight is 351 g/mol. The van der Waals surface area contributed by atoms with Crippen LogP contribution in [-0.2, 0) is 6.54 Å². The fraction of sp³-hybridized carbons (Fsp3) is 0.300. The Balaban J connectivity index is 1.44. The number of hydrogen-bond acceptors (Lipinski definition) is 4. The van der Waals surface area contributed by atoms with Crippen LogP contribution in [0.25, 0.3) is 10.8 Å². The highest BCUT2D eigenvalue weighted by atomic mass is 32.1. The van der Waals surface area contributed by atoms with Crippen molar-refractivity contribution < 1.29 is 4.79 Å². The number of carbonyl (C=O) groups is 1. The van der Waals surface area contributed by atoms with E-state index in [1.165, 1.54) is 0 Å². The Morgan fingerprint density at radius 3 is 2.60 bits per heavy atom. The van der Waals surface area contributed by atoms with Gasteiger partial charge < -0.3 is 4.90 Å². The Kier molecular flexibility index (Phi) is 4.51. The molecule has 4 nitrogen and oxygen atoms in total. The number of thiazole rings is 1. The fourth-order valence-corrected chi connectivity index (χ4v) is 4.17. The molecule has 1 fully saturated rings. The SMILES string of the molecule is Cc1csc(CN2CCN(C(=O)c3cccc4ccccc34)CC2)n1. The van der Waals surface area contributed by atoms with Gasteiger partial charge in [-0.15, -0.1) is 11.3 Å². The molecule has 0 spiro atoms. The van der Waals surface area contributed by atoms with E-state index in [1.807, 2.05) is 42.2 Å². The van der Waals surface area contributed by atoms with Crippen LogP contribution in [0.15, 0.2) is 47.8 Å². The van der Waals surface area contributed by atoms with Crippen molar-refractivity contribution >= 4 is 28.0 Å². The van der Waals surface area contributed by atoms with Gasteiger partial charge >= 0.3 is 0 Å². The van der Waals surface area contributed by atoms with Gasteiger partial charge in [-0.1, -0.05) is 36.4 Å². The second kappa shape index (κ2) is 6.94. The standard InChI is InChI=1S/C20H21N3OS/c1-15-14-25-19(21-15)13-22-9-11-23(12-10-22)20(24)18-8-4-6-16-5-2-3-7-17(16)18/h2-8,14H,9-13H2,1H3. The number of piperazine rings is 1. The van der Waals surface area contributed by atoms with Crippen LogP contribution in [0.2, 0.25) is 0 Å². The molecule has 1 aromatic heterocycles. The van der Waals surface area contributed by atoms with Gasteiger partial charge in [0, 0.05) is 42.8 Å². The fourth-order valence-electron chi connectivity index (χ4n) is 3.36. The maximum Gasteiger partial charge on any atom is 0.254 e. The van der Waals surface area contributed by atoms with Crippen molar-refractivity contribution in [2.24, 2.45) is 0 Å². The molecular formula is C20H21N3OS. The zero-order chi connectivity index (χ0) is 17.2. The van der Waals surface area contributed by atoms with E-state index in [-0.39, 0.29) is 5.91 Å². The van der Waals surface area contributed by atoms with Gasteiger partial charge in [-0.3, -0.25) is 9.69 Å². The summed E-state index contributed by atoms with van der Waals surface area (Å²) in [5.74, 6) is 0.140. The molecule has 4 rings (SSSR count). The first-order chi connectivity index (χ1) is 12.2. The van der Waals surface area contributed by atoms with Crippen molar-refractivity contribution in [2.45, 2.75) is 13.5 Å². The molecule has 2 aromatic carbocycles. The predicted molar refractivity (Wildman–Crippen MR) is 102 cm³/mol. The summed E-state index contributed by atoms with van der Waals surface area (Å²) >= 11 is 1.72. The zero-order valence-corrected chi connectivity index (χ0v) is 15.1. The van der Waals surface area contributed by atoms with E-state index >= 15 is 0 Å². The second-order valence-corrected chi connectivity index (χ2v) is 7.42. The number of rotatable bonds is 3. The molecule has 1 aliphatic heterocycles. The Morgan fingerprint density at radius 1 is 1.08 bits per heavy atom. The minimum Gasteiger partial charge on any atom is -0.336 e. The first kappa shape index (κ1) is 16.2. The molecule has 0 unspecified atom stereocenters. The quantitative estimate of drug-likeness (QED) is 0.724. The van der Waals surface area contributed by atoms with Crippen molar-refractivity contribution in [1.29, 1.82) is 0 Å². The highest BCUT2D eigenvalue weighted by Gasteiger charge is 2.23. The lowest BCUT2D eigenvalue weighted by molar-refractivity contribution is 0.0630. The molecule has 25 heavy (non-hydrogen) atoms. The van der Waals surface area contributed by atoms with Crippen LogP contribution < -0.4 is 0 Å². The van der Waals surface area contributed by atoms with Gasteiger partial charge in [-0.05, 0) is 23.8 Å². The third-order valence-electron chi connectivity index (χ3n) is 4.70. The molecule has 0 atom stereocenters. The summed E-state index contributed by atoms with van der Waals surface area (Å²) in [6.07, 6.45) is 0. The van der Waals surface area contributed by atoms with Crippen LogP contribution in [0.5, 0.6) is 0 Å². The van der Waals surface area contributed by atoms with Crippen LogP contribution in [-0.4, -0.2) is 46.9 Å². The molecule has 1 amide bonds. The first-order valence-electron chi connectivity index (χ1n) is 8.61. The minimum absolute atomic E-state index is 0.140. The molecule has 0 aliphatic carbocycles. The van der Waals surface area contributed by atoms with Gasteiger partial charge in [0.25, 0.3) is 5.91 Å². The second-order valence-electron chi connectivity index (χ2n) is 6.48. The third-order valence-corrected chi connectivity index (χ3v) is 5.66. The highest BCUT2D eigenvalue weighted by molar-refractivity contribution is 7.09. The normalized spacial score (nSPS) is 15.6. The third kappa shape index (κ3) is 3.43. The minimum atomic E-state index is 0.140. The monoisotopic (exact) mass is 351 g/mol. The van der Waals surface area contributed by atoms with E-state index < -0.39 is 0 Å². The molecule has 1 saturated heterocycles. The number of aromatic nitrogens is 1. The Bertz CT molecular complexity index is 891. The lowest BCUT2D eigenvalue weighted by Crippen LogP contribution is -2.48. The maximum atomic E-state index is 13.0. The molecule has 1 aliphatic rings. The van der Waals surface area contributed by atoms with Gasteiger partial charge in [0.15, 0.2) is 0 Å². The van der Waals surface area contributed by atoms with Crippen LogP contribution in [0.1, 0.15) is 21.1 Å². The number of aryl methyl sites for hydroxylation is 1. The summed E-state index contributed by atoms with van der Waals surface area (Å²) in [6.45, 7) is 6.25. The highest BCUT2D eigenvalue weighted by Crippen LogP contribution is 2.21. The molecule has 5 heteroatoms. The van der Waals surface area contributed by atoms with E-state index in [4.69, 9.17) is 0 Å². The lowest BCUT2D eigenvalue weighted by Gasteiger charge is -2.34. The van der Waals surface area contributed by atoms with Crippen LogP contribution in [0.3, 0.4) is 0 Å². The van der Waals surface area contributed by atoms with Crippen molar-refractivity contribution in [3.8, 4) is 0 Å². The van der Waals surface area contributed by atoms with E-state index in [0.717, 1.165) is 59.8 Å². The Labute approximate surface area is 151 Å². The van der Waals surface area contributed by atoms with Crippen LogP contribution >= 0.6 is 11.3 Å². The number of carbonyl (C=O) groups excluding carboxylic acids is 1. The zero-order valence-electron chi connectivity index (χ0n) is 14.3. The summed E-state index contributed by atoms with van der Waals surface area (Å²) in [6, 6.07) is 14.1. The Hall–Kier alpha value is -2.24. The van der Waals surface area contributed by atoms with Crippen LogP contribution in [0, 0.1) is 6.92 Å². The molecule has 2 heterocycles. The summed E-state index contributed by atoms with van der Waals surface area (Å²) < 4.78 is 0. The van der Waals surface area contributed by atoms with Crippen molar-refractivity contribution in [1.82, 2.24) is 14.8 Å². The topological polar surface area (TPSA) is 36.4 Å². The van der Waals surface area contributed by atoms with Gasteiger partial charge in [-0.25, -0.2) is 4.98 Å². The molecular weight excluding hydrogens is 330 g/mol. The van der Waals surface area contributed by atoms with Crippen LogP contribution in [0.4, 0.5) is 0 Å². The summed E-state index contributed by atoms with van der Waals surface area (Å²) in [7, 11) is 0. The number of benzene rings is 2. The molecule has 0 bridgehead atoms. The molecule has 0 radical (unpaired) electrons. The number of hydrogen-bond donors (Lipinski definition) is 0. The van der Waals surface area contributed by atoms with Crippen molar-refractivity contribution in [3.63, 3.8) is 0 Å². The number of amides is 1. The maximum absolute atomic E-state index is 13.0. The summed E-state index contributed by atoms with van der Waals surface area (Å²) in [4.78, 5) is 21.9. The van der Waals surface area contributed by atoms with E-state index in [9.17, 15) is 4.79 Å². The average Bonchev–Trinajstić information content (AvgIpc) is 3.06.